The van der Waals surface area contributed by atoms with Crippen LogP contribution in [0, 0.1) is 0 Å². The minimum Gasteiger partial charge on any atom is -0.462 e. The zero-order valence-corrected chi connectivity index (χ0v) is 41.6. The lowest BCUT2D eigenvalue weighted by Crippen LogP contribution is -2.61. The van der Waals surface area contributed by atoms with Crippen molar-refractivity contribution in [1.29, 1.82) is 0 Å². The van der Waals surface area contributed by atoms with Crippen LogP contribution in [0.5, 0.6) is 0 Å². The first-order valence-electron chi connectivity index (χ1n) is 26.2. The maximum Gasteiger partial charge on any atom is 0.306 e. The fourth-order valence-electron chi connectivity index (χ4n) is 7.93. The Bertz CT molecular complexity index is 1370. The molecule has 4 unspecified atom stereocenters. The SMILES string of the molecule is CCCCC/C=C/C/C=C/CCCCCCCC(=O)OC[C@H](CO[C@H]1O[C@@H](CO[C@H]2O[C@@H](CO)[C@@H](O)C(O)C2O)[C@@H](O)C(O)C1O)OC(=O)CCC/C=C/C/C=C/CCCCCCCCCCC. The number of carbonyl (C=O) groups is 2. The number of hydrogen-bond donors (Lipinski definition) is 7. The van der Waals surface area contributed by atoms with Gasteiger partial charge in [-0.3, -0.25) is 9.59 Å². The molecule has 0 aromatic rings. The first-order chi connectivity index (χ1) is 33.0. The molecule has 0 aromatic carbocycles. The van der Waals surface area contributed by atoms with E-state index in [0.717, 1.165) is 57.8 Å². The Hall–Kier alpha value is -2.54. The Kier molecular flexibility index (Phi) is 36.3. The maximum atomic E-state index is 13.0. The number of aliphatic hydroxyl groups is 7. The summed E-state index contributed by atoms with van der Waals surface area (Å²) in [5.74, 6) is -0.994. The fraction of sp³-hybridized carbons (Fsp3) is 0.811. The molecule has 2 heterocycles. The standard InChI is InChI=1S/C53H92O15/c1-3-5-7-9-11-13-15-17-19-20-22-24-26-28-30-32-34-36-45(56)66-41(38-63-44(55)35-33-31-29-27-25-23-21-18-16-14-12-10-8-6-4-2)39-64-52-51(62)49(60)47(58)43(68-52)40-65-53-50(61)48(59)46(57)42(37-54)67-53/h12,14,18,21-22,24,28,30,41-43,46-54,57-62H,3-11,13,15-17,19-20,23,25-27,29,31-40H2,1-2H3/b14-12+,21-18+,24-22+,30-28+/t41-,42+,43+,46-,47-,48?,49?,50?,51?,52+,53+/m1/s1. The minimum atomic E-state index is -1.77. The topological polar surface area (TPSA) is 231 Å². The smallest absolute Gasteiger partial charge is 0.306 e. The number of rotatable bonds is 40. The highest BCUT2D eigenvalue weighted by molar-refractivity contribution is 5.70. The van der Waals surface area contributed by atoms with E-state index in [1.165, 1.54) is 77.0 Å². The normalized spacial score (nSPS) is 26.1. The summed E-state index contributed by atoms with van der Waals surface area (Å²) in [4.78, 5) is 25.7. The predicted octanol–water partition coefficient (Wildman–Crippen LogP) is 7.49. The van der Waals surface area contributed by atoms with Gasteiger partial charge in [0.25, 0.3) is 0 Å². The molecule has 2 rings (SSSR count). The third-order valence-electron chi connectivity index (χ3n) is 12.3. The third kappa shape index (κ3) is 27.7. The highest BCUT2D eigenvalue weighted by Crippen LogP contribution is 2.26. The summed E-state index contributed by atoms with van der Waals surface area (Å²) in [5, 5.41) is 72.1. The van der Waals surface area contributed by atoms with E-state index in [4.69, 9.17) is 28.4 Å². The maximum absolute atomic E-state index is 13.0. The molecule has 0 aliphatic carbocycles. The average Bonchev–Trinajstić information content (AvgIpc) is 3.33. The largest absolute Gasteiger partial charge is 0.462 e. The van der Waals surface area contributed by atoms with Gasteiger partial charge in [-0.15, -0.1) is 0 Å². The van der Waals surface area contributed by atoms with Crippen molar-refractivity contribution in [3.05, 3.63) is 48.6 Å². The van der Waals surface area contributed by atoms with Gasteiger partial charge in [0, 0.05) is 12.8 Å². The average molecular weight is 969 g/mol. The number of carbonyl (C=O) groups excluding carboxylic acids is 2. The van der Waals surface area contributed by atoms with Crippen LogP contribution in [-0.4, -0.2) is 142 Å². The molecular formula is C53H92O15. The second-order valence-corrected chi connectivity index (χ2v) is 18.3. The quantitative estimate of drug-likeness (QED) is 0.0179. The molecule has 394 valence electrons. The summed E-state index contributed by atoms with van der Waals surface area (Å²) < 4.78 is 33.5. The molecular weight excluding hydrogens is 877 g/mol. The van der Waals surface area contributed by atoms with Crippen LogP contribution in [0.1, 0.15) is 181 Å². The minimum absolute atomic E-state index is 0.0972. The van der Waals surface area contributed by atoms with Crippen LogP contribution >= 0.6 is 0 Å². The van der Waals surface area contributed by atoms with Gasteiger partial charge in [-0.25, -0.2) is 0 Å². The summed E-state index contributed by atoms with van der Waals surface area (Å²) in [6.07, 6.45) is 27.2. The number of hydrogen-bond acceptors (Lipinski definition) is 15. The molecule has 2 aliphatic heterocycles. The number of esters is 2. The molecule has 0 bridgehead atoms. The van der Waals surface area contributed by atoms with E-state index in [2.05, 4.69) is 56.4 Å². The molecule has 2 saturated heterocycles. The highest BCUT2D eigenvalue weighted by atomic mass is 16.7. The molecule has 11 atom stereocenters. The lowest BCUT2D eigenvalue weighted by Gasteiger charge is -2.42. The number of unbranched alkanes of at least 4 members (excludes halogenated alkanes) is 18. The van der Waals surface area contributed by atoms with Crippen molar-refractivity contribution in [1.82, 2.24) is 0 Å². The van der Waals surface area contributed by atoms with Gasteiger partial charge in [0.1, 0.15) is 55.4 Å². The van der Waals surface area contributed by atoms with Crippen LogP contribution < -0.4 is 0 Å². The monoisotopic (exact) mass is 969 g/mol. The number of aliphatic hydroxyl groups excluding tert-OH is 7. The Balaban J connectivity index is 1.83. The van der Waals surface area contributed by atoms with Gasteiger partial charge < -0.3 is 64.2 Å². The van der Waals surface area contributed by atoms with Gasteiger partial charge in [-0.05, 0) is 70.6 Å². The molecule has 15 nitrogen and oxygen atoms in total. The third-order valence-corrected chi connectivity index (χ3v) is 12.3. The van der Waals surface area contributed by atoms with Gasteiger partial charge in [0.2, 0.25) is 0 Å². The van der Waals surface area contributed by atoms with Gasteiger partial charge in [-0.1, -0.05) is 146 Å². The van der Waals surface area contributed by atoms with Crippen molar-refractivity contribution < 1.29 is 73.8 Å². The van der Waals surface area contributed by atoms with Gasteiger partial charge in [-0.2, -0.15) is 0 Å². The summed E-state index contributed by atoms with van der Waals surface area (Å²) in [7, 11) is 0. The highest BCUT2D eigenvalue weighted by Gasteiger charge is 2.47. The number of allylic oxidation sites excluding steroid dienone is 8. The molecule has 0 saturated carbocycles. The summed E-state index contributed by atoms with van der Waals surface area (Å²) in [6, 6.07) is 0. The molecule has 15 heteroatoms. The Morgan fingerprint density at radius 3 is 1.44 bits per heavy atom. The zero-order valence-electron chi connectivity index (χ0n) is 41.6. The van der Waals surface area contributed by atoms with Crippen molar-refractivity contribution in [2.24, 2.45) is 0 Å². The summed E-state index contributed by atoms with van der Waals surface area (Å²) >= 11 is 0. The molecule has 0 aromatic heterocycles. The van der Waals surface area contributed by atoms with Crippen molar-refractivity contribution in [2.75, 3.05) is 26.4 Å². The second-order valence-electron chi connectivity index (χ2n) is 18.3. The lowest BCUT2D eigenvalue weighted by atomic mass is 9.98. The molecule has 0 spiro atoms. The van der Waals surface area contributed by atoms with E-state index >= 15 is 0 Å². The summed E-state index contributed by atoms with van der Waals surface area (Å²) in [5.41, 5.74) is 0. The molecule has 2 aliphatic rings. The van der Waals surface area contributed by atoms with E-state index in [1.54, 1.807) is 0 Å². The van der Waals surface area contributed by atoms with Crippen LogP contribution in [0.4, 0.5) is 0 Å². The van der Waals surface area contributed by atoms with E-state index in [9.17, 15) is 45.3 Å². The predicted molar refractivity (Wildman–Crippen MR) is 261 cm³/mol. The van der Waals surface area contributed by atoms with Crippen LogP contribution in [-0.2, 0) is 38.0 Å². The van der Waals surface area contributed by atoms with Gasteiger partial charge in [0.05, 0.1) is 19.8 Å². The van der Waals surface area contributed by atoms with Crippen LogP contribution in [0.15, 0.2) is 48.6 Å². The lowest BCUT2D eigenvalue weighted by molar-refractivity contribution is -0.332. The Morgan fingerprint density at radius 1 is 0.471 bits per heavy atom. The Labute approximate surface area is 408 Å². The van der Waals surface area contributed by atoms with Crippen LogP contribution in [0.2, 0.25) is 0 Å². The van der Waals surface area contributed by atoms with Gasteiger partial charge >= 0.3 is 11.9 Å². The molecule has 68 heavy (non-hydrogen) atoms. The molecule has 7 N–H and O–H groups in total. The molecule has 0 radical (unpaired) electrons. The van der Waals surface area contributed by atoms with E-state index in [-0.39, 0.29) is 19.4 Å². The molecule has 2 fully saturated rings. The zero-order chi connectivity index (χ0) is 49.6. The van der Waals surface area contributed by atoms with E-state index in [0.29, 0.717) is 19.3 Å². The van der Waals surface area contributed by atoms with Crippen LogP contribution in [0.25, 0.3) is 0 Å². The first-order valence-corrected chi connectivity index (χ1v) is 26.2. The Morgan fingerprint density at radius 2 is 0.897 bits per heavy atom. The molecule has 0 amide bonds. The first kappa shape index (κ1) is 61.6. The van der Waals surface area contributed by atoms with Crippen LogP contribution in [0.3, 0.4) is 0 Å². The van der Waals surface area contributed by atoms with Gasteiger partial charge in [0.15, 0.2) is 18.7 Å². The van der Waals surface area contributed by atoms with Crippen molar-refractivity contribution in [3.63, 3.8) is 0 Å². The van der Waals surface area contributed by atoms with E-state index < -0.39 is 99.3 Å². The van der Waals surface area contributed by atoms with E-state index in [1.807, 2.05) is 6.08 Å². The summed E-state index contributed by atoms with van der Waals surface area (Å²) in [6.45, 7) is 2.50. The fourth-order valence-corrected chi connectivity index (χ4v) is 7.93. The van der Waals surface area contributed by atoms with Crippen molar-refractivity contribution in [2.45, 2.75) is 248 Å². The van der Waals surface area contributed by atoms with Crippen molar-refractivity contribution in [3.8, 4) is 0 Å². The number of ether oxygens (including phenoxy) is 6. The van der Waals surface area contributed by atoms with Crippen molar-refractivity contribution >= 4 is 11.9 Å². The second kappa shape index (κ2) is 40.1.